The molecule has 2 aromatic rings. The molecule has 1 unspecified atom stereocenters. The number of nitrogens with one attached hydrogen (secondary N) is 2. The molecule has 1 aliphatic rings. The molecule has 1 aliphatic carbocycles. The molecule has 1 amide bonds. The first kappa shape index (κ1) is 17.9. The van der Waals surface area contributed by atoms with E-state index in [1.54, 1.807) is 11.8 Å². The molecular formula is C21H26N2OS. The van der Waals surface area contributed by atoms with Crippen LogP contribution in [0, 0.1) is 0 Å². The molecule has 0 bridgehead atoms. The Labute approximate surface area is 154 Å². The lowest BCUT2D eigenvalue weighted by molar-refractivity contribution is -0.120. The lowest BCUT2D eigenvalue weighted by atomic mass is 9.89. The highest BCUT2D eigenvalue weighted by Gasteiger charge is 2.14. The van der Waals surface area contributed by atoms with Gasteiger partial charge in [0.15, 0.2) is 0 Å². The third-order valence-electron chi connectivity index (χ3n) is 4.80. The van der Waals surface area contributed by atoms with Crippen LogP contribution in [0.3, 0.4) is 0 Å². The van der Waals surface area contributed by atoms with Crippen LogP contribution in [0.4, 0.5) is 5.69 Å². The van der Waals surface area contributed by atoms with Crippen molar-refractivity contribution in [3.05, 3.63) is 59.2 Å². The van der Waals surface area contributed by atoms with Gasteiger partial charge in [0.1, 0.15) is 0 Å². The minimum atomic E-state index is 0.0149. The molecule has 4 heteroatoms. The van der Waals surface area contributed by atoms with Crippen molar-refractivity contribution in [2.75, 3.05) is 18.1 Å². The molecule has 0 spiro atoms. The Balaban J connectivity index is 1.57. The van der Waals surface area contributed by atoms with E-state index in [1.165, 1.54) is 36.0 Å². The molecular weight excluding hydrogens is 328 g/mol. The van der Waals surface area contributed by atoms with Crippen LogP contribution < -0.4 is 10.6 Å². The van der Waals surface area contributed by atoms with E-state index in [9.17, 15) is 4.79 Å². The van der Waals surface area contributed by atoms with Crippen molar-refractivity contribution in [2.45, 2.75) is 43.5 Å². The summed E-state index contributed by atoms with van der Waals surface area (Å²) in [5, 5.41) is 6.34. The van der Waals surface area contributed by atoms with Crippen LogP contribution in [0.15, 0.2) is 47.4 Å². The molecule has 0 aromatic heterocycles. The minimum absolute atomic E-state index is 0.0149. The number of carbonyl (C=O) groups excluding carboxylic acids is 1. The Morgan fingerprint density at radius 1 is 1.12 bits per heavy atom. The molecule has 3 rings (SSSR count). The van der Waals surface area contributed by atoms with E-state index in [1.807, 2.05) is 24.5 Å². The van der Waals surface area contributed by atoms with Crippen LogP contribution in [0.5, 0.6) is 0 Å². The van der Waals surface area contributed by atoms with Gasteiger partial charge in [0.05, 0.1) is 12.6 Å². The maximum atomic E-state index is 12.3. The SMILES string of the molecule is CSc1ccccc1NCC(=O)NC(C)c1ccc2c(c1)CCCC2. The van der Waals surface area contributed by atoms with Gasteiger partial charge in [-0.25, -0.2) is 0 Å². The fourth-order valence-electron chi connectivity index (χ4n) is 3.36. The molecule has 2 N–H and O–H groups in total. The molecule has 25 heavy (non-hydrogen) atoms. The summed E-state index contributed by atoms with van der Waals surface area (Å²) in [5.41, 5.74) is 5.13. The van der Waals surface area contributed by atoms with Crippen LogP contribution >= 0.6 is 11.8 Å². The van der Waals surface area contributed by atoms with Gasteiger partial charge in [0.2, 0.25) is 5.91 Å². The summed E-state index contributed by atoms with van der Waals surface area (Å²) in [6, 6.07) is 14.7. The second-order valence-corrected chi connectivity index (χ2v) is 7.43. The minimum Gasteiger partial charge on any atom is -0.375 e. The van der Waals surface area contributed by atoms with E-state index in [4.69, 9.17) is 0 Å². The maximum absolute atomic E-state index is 12.3. The Hall–Kier alpha value is -1.94. The third kappa shape index (κ3) is 4.57. The lowest BCUT2D eigenvalue weighted by Crippen LogP contribution is -2.32. The predicted molar refractivity (Wildman–Crippen MR) is 106 cm³/mol. The van der Waals surface area contributed by atoms with Gasteiger partial charge in [-0.15, -0.1) is 11.8 Å². The first-order chi connectivity index (χ1) is 12.2. The Bertz CT molecular complexity index is 744. The Morgan fingerprint density at radius 3 is 2.68 bits per heavy atom. The Morgan fingerprint density at radius 2 is 1.88 bits per heavy atom. The Kier molecular flexibility index (Phi) is 6.03. The average molecular weight is 355 g/mol. The van der Waals surface area contributed by atoms with Crippen LogP contribution in [0.1, 0.15) is 42.5 Å². The number of hydrogen-bond acceptors (Lipinski definition) is 3. The molecule has 2 aromatic carbocycles. The summed E-state index contributed by atoms with van der Waals surface area (Å²) in [4.78, 5) is 13.5. The van der Waals surface area contributed by atoms with Crippen molar-refractivity contribution in [3.8, 4) is 0 Å². The predicted octanol–water partition coefficient (Wildman–Crippen LogP) is 4.58. The van der Waals surface area contributed by atoms with Gasteiger partial charge < -0.3 is 10.6 Å². The smallest absolute Gasteiger partial charge is 0.239 e. The fraction of sp³-hybridized carbons (Fsp3) is 0.381. The highest BCUT2D eigenvalue weighted by molar-refractivity contribution is 7.98. The average Bonchev–Trinajstić information content (AvgIpc) is 2.66. The van der Waals surface area contributed by atoms with Crippen molar-refractivity contribution in [1.82, 2.24) is 5.32 Å². The quantitative estimate of drug-likeness (QED) is 0.746. The fourth-order valence-corrected chi connectivity index (χ4v) is 3.94. The number of thioether (sulfide) groups is 1. The molecule has 132 valence electrons. The van der Waals surface area contributed by atoms with Crippen LogP contribution in [-0.2, 0) is 17.6 Å². The van der Waals surface area contributed by atoms with Crippen molar-refractivity contribution in [3.63, 3.8) is 0 Å². The van der Waals surface area contributed by atoms with Gasteiger partial charge in [-0.2, -0.15) is 0 Å². The van der Waals surface area contributed by atoms with E-state index in [2.05, 4.69) is 41.8 Å². The molecule has 0 fully saturated rings. The summed E-state index contributed by atoms with van der Waals surface area (Å²) >= 11 is 1.68. The van der Waals surface area contributed by atoms with Crippen molar-refractivity contribution in [2.24, 2.45) is 0 Å². The molecule has 0 heterocycles. The number of carbonyl (C=O) groups is 1. The zero-order valence-corrected chi connectivity index (χ0v) is 15.8. The number of anilines is 1. The van der Waals surface area contributed by atoms with Gasteiger partial charge in [-0.3, -0.25) is 4.79 Å². The summed E-state index contributed by atoms with van der Waals surface area (Å²) in [6.45, 7) is 2.34. The number of para-hydroxylation sites is 1. The van der Waals surface area contributed by atoms with Crippen LogP contribution in [-0.4, -0.2) is 18.7 Å². The number of fused-ring (bicyclic) bond motifs is 1. The van der Waals surface area contributed by atoms with Gasteiger partial charge in [-0.05, 0) is 67.7 Å². The topological polar surface area (TPSA) is 41.1 Å². The first-order valence-electron chi connectivity index (χ1n) is 8.95. The van der Waals surface area contributed by atoms with Gasteiger partial charge in [0.25, 0.3) is 0 Å². The van der Waals surface area contributed by atoms with Crippen molar-refractivity contribution < 1.29 is 4.79 Å². The van der Waals surface area contributed by atoms with Gasteiger partial charge >= 0.3 is 0 Å². The standard InChI is InChI=1S/C21H26N2OS/c1-15(17-12-11-16-7-3-4-8-18(16)13-17)23-21(24)14-22-19-9-5-6-10-20(19)25-2/h5-6,9-13,15,22H,3-4,7-8,14H2,1-2H3,(H,23,24). The summed E-state index contributed by atoms with van der Waals surface area (Å²) in [7, 11) is 0. The van der Waals surface area contributed by atoms with Gasteiger partial charge in [-0.1, -0.05) is 30.3 Å². The lowest BCUT2D eigenvalue weighted by Gasteiger charge is -2.20. The van der Waals surface area contributed by atoms with Crippen molar-refractivity contribution in [1.29, 1.82) is 0 Å². The number of aryl methyl sites for hydroxylation is 2. The van der Waals surface area contributed by atoms with E-state index in [0.717, 1.165) is 17.0 Å². The number of benzene rings is 2. The first-order valence-corrected chi connectivity index (χ1v) is 10.2. The molecule has 1 atom stereocenters. The summed E-state index contributed by atoms with van der Waals surface area (Å²) < 4.78 is 0. The largest absolute Gasteiger partial charge is 0.375 e. The molecule has 3 nitrogen and oxygen atoms in total. The zero-order valence-electron chi connectivity index (χ0n) is 15.0. The monoisotopic (exact) mass is 354 g/mol. The van der Waals surface area contributed by atoms with E-state index in [0.29, 0.717) is 0 Å². The molecule has 0 saturated heterocycles. The van der Waals surface area contributed by atoms with Gasteiger partial charge in [0, 0.05) is 10.6 Å². The van der Waals surface area contributed by atoms with E-state index < -0.39 is 0 Å². The van der Waals surface area contributed by atoms with E-state index >= 15 is 0 Å². The molecule has 0 radical (unpaired) electrons. The summed E-state index contributed by atoms with van der Waals surface area (Å²) in [5.74, 6) is 0.0149. The third-order valence-corrected chi connectivity index (χ3v) is 5.59. The van der Waals surface area contributed by atoms with Crippen LogP contribution in [0.25, 0.3) is 0 Å². The van der Waals surface area contributed by atoms with Crippen molar-refractivity contribution >= 4 is 23.4 Å². The normalized spacial score (nSPS) is 14.5. The second-order valence-electron chi connectivity index (χ2n) is 6.58. The highest BCUT2D eigenvalue weighted by Crippen LogP contribution is 2.25. The zero-order chi connectivity index (χ0) is 17.6. The van der Waals surface area contributed by atoms with E-state index in [-0.39, 0.29) is 18.5 Å². The second kappa shape index (κ2) is 8.43. The summed E-state index contributed by atoms with van der Waals surface area (Å²) in [6.07, 6.45) is 6.96. The van der Waals surface area contributed by atoms with Crippen LogP contribution in [0.2, 0.25) is 0 Å². The number of amides is 1. The maximum Gasteiger partial charge on any atom is 0.239 e. The molecule has 0 aliphatic heterocycles. The highest BCUT2D eigenvalue weighted by atomic mass is 32.2. The number of hydrogen-bond donors (Lipinski definition) is 2. The molecule has 0 saturated carbocycles. The number of rotatable bonds is 6.